The van der Waals surface area contributed by atoms with E-state index in [9.17, 15) is 0 Å². The molecule has 2 aliphatic rings. The zero-order chi connectivity index (χ0) is 10.7. The zero-order valence-electron chi connectivity index (χ0n) is 9.58. The van der Waals surface area contributed by atoms with Gasteiger partial charge in [0.2, 0.25) is 0 Å². The number of hydrogen-bond donors (Lipinski definition) is 2. The lowest BCUT2D eigenvalue weighted by atomic mass is 9.87. The minimum Gasteiger partial charge on any atom is -0.356 e. The highest BCUT2D eigenvalue weighted by Crippen LogP contribution is 2.31. The highest BCUT2D eigenvalue weighted by atomic mass is 16.5. The molecule has 0 saturated heterocycles. The molecule has 2 rings (SSSR count). The fourth-order valence-electron chi connectivity index (χ4n) is 2.83. The van der Waals surface area contributed by atoms with E-state index >= 15 is 0 Å². The van der Waals surface area contributed by atoms with Crippen molar-refractivity contribution < 1.29 is 4.74 Å². The molecule has 0 aromatic carbocycles. The summed E-state index contributed by atoms with van der Waals surface area (Å²) in [6, 6.07) is 0.0353. The van der Waals surface area contributed by atoms with Crippen molar-refractivity contribution in [2.75, 3.05) is 0 Å². The number of hydrogen-bond acceptors (Lipinski definition) is 3. The average Bonchev–Trinajstić information content (AvgIpc) is 2.24. The highest BCUT2D eigenvalue weighted by molar-refractivity contribution is 4.90. The molecule has 0 bridgehead atoms. The molecule has 2 saturated carbocycles. The summed E-state index contributed by atoms with van der Waals surface area (Å²) in [4.78, 5) is 0. The Morgan fingerprint density at radius 2 is 1.60 bits per heavy atom. The van der Waals surface area contributed by atoms with Crippen molar-refractivity contribution in [1.82, 2.24) is 0 Å². The molecule has 0 heterocycles. The lowest BCUT2D eigenvalue weighted by Gasteiger charge is -2.42. The average molecular weight is 212 g/mol. The van der Waals surface area contributed by atoms with Crippen LogP contribution in [-0.4, -0.2) is 17.9 Å². The maximum atomic E-state index is 6.29. The summed E-state index contributed by atoms with van der Waals surface area (Å²) in [7, 11) is 0. The van der Waals surface area contributed by atoms with Crippen LogP contribution in [0.25, 0.3) is 0 Å². The van der Waals surface area contributed by atoms with E-state index in [0.29, 0.717) is 6.10 Å². The summed E-state index contributed by atoms with van der Waals surface area (Å²) < 4.78 is 6.08. The molecule has 0 aromatic heterocycles. The van der Waals surface area contributed by atoms with Crippen LogP contribution in [0.5, 0.6) is 0 Å². The Bertz CT molecular complexity index is 204. The first-order valence-corrected chi connectivity index (χ1v) is 6.43. The van der Waals surface area contributed by atoms with E-state index in [-0.39, 0.29) is 6.04 Å². The molecule has 2 aliphatic carbocycles. The molecular weight excluding hydrogens is 188 g/mol. The molecule has 0 aliphatic heterocycles. The predicted molar refractivity (Wildman–Crippen MR) is 61.3 cm³/mol. The van der Waals surface area contributed by atoms with Crippen molar-refractivity contribution in [2.24, 2.45) is 11.5 Å². The predicted octanol–water partition coefficient (Wildman–Crippen LogP) is 1.89. The Morgan fingerprint density at radius 1 is 0.933 bits per heavy atom. The quantitative estimate of drug-likeness (QED) is 0.687. The summed E-state index contributed by atoms with van der Waals surface area (Å²) in [5.41, 5.74) is 11.8. The summed E-state index contributed by atoms with van der Waals surface area (Å²) >= 11 is 0. The fourth-order valence-corrected chi connectivity index (χ4v) is 2.83. The van der Waals surface area contributed by atoms with Crippen LogP contribution in [0.4, 0.5) is 0 Å². The van der Waals surface area contributed by atoms with Crippen molar-refractivity contribution in [3.8, 4) is 0 Å². The third-order valence-electron chi connectivity index (χ3n) is 3.90. The normalized spacial score (nSPS) is 39.2. The van der Waals surface area contributed by atoms with E-state index in [2.05, 4.69) is 0 Å². The largest absolute Gasteiger partial charge is 0.356 e. The van der Waals surface area contributed by atoms with Crippen LogP contribution in [0.3, 0.4) is 0 Å². The molecule has 0 amide bonds. The lowest BCUT2D eigenvalue weighted by molar-refractivity contribution is -0.130. The van der Waals surface area contributed by atoms with Crippen LogP contribution in [0.2, 0.25) is 0 Å². The first-order valence-electron chi connectivity index (χ1n) is 6.43. The second kappa shape index (κ2) is 4.81. The van der Waals surface area contributed by atoms with E-state index in [4.69, 9.17) is 16.2 Å². The van der Waals surface area contributed by atoms with Gasteiger partial charge in [0.25, 0.3) is 0 Å². The molecule has 2 atom stereocenters. The Balaban J connectivity index is 1.89. The molecule has 0 radical (unpaired) electrons. The van der Waals surface area contributed by atoms with Gasteiger partial charge in [0.1, 0.15) is 5.72 Å². The van der Waals surface area contributed by atoms with Gasteiger partial charge in [-0.3, -0.25) is 0 Å². The minimum atomic E-state index is -0.528. The van der Waals surface area contributed by atoms with Crippen LogP contribution < -0.4 is 11.5 Å². The van der Waals surface area contributed by atoms with Crippen molar-refractivity contribution in [1.29, 1.82) is 0 Å². The third kappa shape index (κ3) is 2.71. The summed E-state index contributed by atoms with van der Waals surface area (Å²) in [5, 5.41) is 0. The fraction of sp³-hybridized carbons (Fsp3) is 1.00. The molecular formula is C12H24N2O. The van der Waals surface area contributed by atoms with Crippen molar-refractivity contribution >= 4 is 0 Å². The van der Waals surface area contributed by atoms with Gasteiger partial charge in [0.15, 0.2) is 0 Å². The van der Waals surface area contributed by atoms with Gasteiger partial charge in [-0.05, 0) is 32.1 Å². The summed E-state index contributed by atoms with van der Waals surface area (Å²) in [5.74, 6) is 0. The number of ether oxygens (including phenoxy) is 1. The molecule has 0 aromatic rings. The maximum Gasteiger partial charge on any atom is 0.132 e. The van der Waals surface area contributed by atoms with Gasteiger partial charge in [0.05, 0.1) is 6.10 Å². The van der Waals surface area contributed by atoms with Crippen molar-refractivity contribution in [2.45, 2.75) is 75.7 Å². The first-order chi connectivity index (χ1) is 7.21. The molecule has 15 heavy (non-hydrogen) atoms. The minimum absolute atomic E-state index is 0.0353. The maximum absolute atomic E-state index is 6.29. The molecule has 0 spiro atoms. The molecule has 3 heteroatoms. The van der Waals surface area contributed by atoms with E-state index in [0.717, 1.165) is 19.3 Å². The van der Waals surface area contributed by atoms with Gasteiger partial charge in [-0.2, -0.15) is 0 Å². The van der Waals surface area contributed by atoms with Gasteiger partial charge >= 0.3 is 0 Å². The van der Waals surface area contributed by atoms with E-state index < -0.39 is 5.72 Å². The molecule has 2 fully saturated rings. The van der Waals surface area contributed by atoms with Gasteiger partial charge in [0, 0.05) is 6.04 Å². The van der Waals surface area contributed by atoms with Crippen LogP contribution in [-0.2, 0) is 4.74 Å². The standard InChI is InChI=1S/C12H24N2O/c13-11-8-4-5-9-12(11,14)15-10-6-2-1-3-7-10/h10-11H,1-9,13-14H2. The molecule has 3 nitrogen and oxygen atoms in total. The molecule has 4 N–H and O–H groups in total. The van der Waals surface area contributed by atoms with Crippen LogP contribution in [0.1, 0.15) is 57.8 Å². The second-order valence-corrected chi connectivity index (χ2v) is 5.19. The van der Waals surface area contributed by atoms with Crippen LogP contribution in [0, 0.1) is 0 Å². The second-order valence-electron chi connectivity index (χ2n) is 5.19. The highest BCUT2D eigenvalue weighted by Gasteiger charge is 2.38. The monoisotopic (exact) mass is 212 g/mol. The molecule has 88 valence electrons. The Morgan fingerprint density at radius 3 is 2.27 bits per heavy atom. The van der Waals surface area contributed by atoms with Crippen LogP contribution >= 0.6 is 0 Å². The van der Waals surface area contributed by atoms with Crippen LogP contribution in [0.15, 0.2) is 0 Å². The van der Waals surface area contributed by atoms with Crippen molar-refractivity contribution in [3.63, 3.8) is 0 Å². The lowest BCUT2D eigenvalue weighted by Crippen LogP contribution is -2.60. The zero-order valence-corrected chi connectivity index (χ0v) is 9.58. The van der Waals surface area contributed by atoms with Gasteiger partial charge in [-0.15, -0.1) is 0 Å². The third-order valence-corrected chi connectivity index (χ3v) is 3.90. The Kier molecular flexibility index (Phi) is 3.65. The summed E-state index contributed by atoms with van der Waals surface area (Å²) in [6.45, 7) is 0. The van der Waals surface area contributed by atoms with Gasteiger partial charge in [-0.25, -0.2) is 0 Å². The van der Waals surface area contributed by atoms with Crippen molar-refractivity contribution in [3.05, 3.63) is 0 Å². The van der Waals surface area contributed by atoms with Gasteiger partial charge in [-0.1, -0.05) is 25.7 Å². The summed E-state index contributed by atoms with van der Waals surface area (Å²) in [6.07, 6.45) is 11.0. The smallest absolute Gasteiger partial charge is 0.132 e. The number of nitrogens with two attached hydrogens (primary N) is 2. The molecule has 2 unspecified atom stereocenters. The van der Waals surface area contributed by atoms with E-state index in [1.165, 1.54) is 38.5 Å². The van der Waals surface area contributed by atoms with E-state index in [1.807, 2.05) is 0 Å². The SMILES string of the molecule is NC1CCCCC1(N)OC1CCCCC1. The Hall–Kier alpha value is -0.120. The Labute approximate surface area is 92.5 Å². The van der Waals surface area contributed by atoms with Gasteiger partial charge < -0.3 is 16.2 Å². The number of rotatable bonds is 2. The van der Waals surface area contributed by atoms with E-state index in [1.54, 1.807) is 0 Å². The first kappa shape index (κ1) is 11.4. The topological polar surface area (TPSA) is 61.3 Å².